The Morgan fingerprint density at radius 3 is 2.77 bits per heavy atom. The fourth-order valence-electron chi connectivity index (χ4n) is 1.80. The van der Waals surface area contributed by atoms with E-state index >= 15 is 0 Å². The number of nitrogens with one attached hydrogen (secondary N) is 2. The van der Waals surface area contributed by atoms with Crippen molar-refractivity contribution in [3.63, 3.8) is 0 Å². The minimum Gasteiger partial charge on any atom is -0.495 e. The Morgan fingerprint density at radius 1 is 1.27 bits per heavy atom. The van der Waals surface area contributed by atoms with Crippen LogP contribution in [0.2, 0.25) is 0 Å². The molecule has 0 fully saturated rings. The van der Waals surface area contributed by atoms with Gasteiger partial charge in [-0.1, -0.05) is 26.0 Å². The first-order valence-corrected chi connectivity index (χ1v) is 7.11. The zero-order valence-corrected chi connectivity index (χ0v) is 13.0. The minimum absolute atomic E-state index is 0.298. The Morgan fingerprint density at radius 2 is 2.05 bits per heavy atom. The molecule has 0 spiro atoms. The second-order valence-electron chi connectivity index (χ2n) is 5.19. The first-order valence-electron chi connectivity index (χ1n) is 7.11. The summed E-state index contributed by atoms with van der Waals surface area (Å²) in [7, 11) is 1.56. The number of hydrogen-bond donors (Lipinski definition) is 2. The number of benzene rings is 1. The van der Waals surface area contributed by atoms with Crippen LogP contribution in [0, 0.1) is 5.92 Å². The normalized spacial score (nSPS) is 10.4. The van der Waals surface area contributed by atoms with Crippen molar-refractivity contribution in [3.05, 3.63) is 42.2 Å². The van der Waals surface area contributed by atoms with Gasteiger partial charge in [-0.25, -0.2) is 9.97 Å². The Labute approximate surface area is 129 Å². The number of hydrogen-bond acceptors (Lipinski definition) is 5. The highest BCUT2D eigenvalue weighted by Gasteiger charge is 2.11. The van der Waals surface area contributed by atoms with Crippen molar-refractivity contribution >= 4 is 17.5 Å². The summed E-state index contributed by atoms with van der Waals surface area (Å²) in [6, 6.07) is 8.80. The van der Waals surface area contributed by atoms with Crippen molar-refractivity contribution in [1.29, 1.82) is 0 Å². The first kappa shape index (κ1) is 15.8. The van der Waals surface area contributed by atoms with E-state index in [-0.39, 0.29) is 5.91 Å². The van der Waals surface area contributed by atoms with Crippen molar-refractivity contribution in [2.24, 2.45) is 5.92 Å². The minimum atomic E-state index is -0.306. The molecule has 0 aliphatic heterocycles. The molecule has 2 N–H and O–H groups in total. The van der Waals surface area contributed by atoms with Gasteiger partial charge in [-0.2, -0.15) is 0 Å². The molecule has 0 radical (unpaired) electrons. The quantitative estimate of drug-likeness (QED) is 0.858. The van der Waals surface area contributed by atoms with E-state index in [0.717, 1.165) is 6.54 Å². The number of rotatable bonds is 6. The maximum Gasteiger partial charge on any atom is 0.274 e. The lowest BCUT2D eigenvalue weighted by Gasteiger charge is -2.10. The van der Waals surface area contributed by atoms with Crippen LogP contribution in [0.3, 0.4) is 0 Å². The molecule has 0 bridgehead atoms. The summed E-state index contributed by atoms with van der Waals surface area (Å²) in [6.07, 6.45) is 1.56. The van der Waals surface area contributed by atoms with Crippen molar-refractivity contribution in [2.45, 2.75) is 13.8 Å². The molecule has 0 aliphatic carbocycles. The molecular weight excluding hydrogens is 280 g/mol. The predicted molar refractivity (Wildman–Crippen MR) is 86.3 cm³/mol. The largest absolute Gasteiger partial charge is 0.495 e. The molecule has 2 aromatic rings. The molecule has 0 saturated heterocycles. The smallest absolute Gasteiger partial charge is 0.274 e. The lowest BCUT2D eigenvalue weighted by molar-refractivity contribution is 0.102. The lowest BCUT2D eigenvalue weighted by atomic mass is 10.2. The molecule has 0 aliphatic rings. The fourth-order valence-corrected chi connectivity index (χ4v) is 1.80. The van der Waals surface area contributed by atoms with E-state index in [1.807, 2.05) is 12.1 Å². The summed E-state index contributed by atoms with van der Waals surface area (Å²) in [6.45, 7) is 4.92. The molecule has 116 valence electrons. The van der Waals surface area contributed by atoms with Crippen LogP contribution in [0.1, 0.15) is 24.3 Å². The van der Waals surface area contributed by atoms with Gasteiger partial charge in [0.2, 0.25) is 5.95 Å². The maximum absolute atomic E-state index is 12.3. The monoisotopic (exact) mass is 300 g/mol. The summed E-state index contributed by atoms with van der Waals surface area (Å²) in [5, 5.41) is 5.89. The van der Waals surface area contributed by atoms with Crippen LogP contribution < -0.4 is 15.4 Å². The van der Waals surface area contributed by atoms with Crippen molar-refractivity contribution in [1.82, 2.24) is 9.97 Å². The SMILES string of the molecule is COc1ccccc1NC(=O)c1ccnc(NCC(C)C)n1. The van der Waals surface area contributed by atoms with Gasteiger partial charge in [0.05, 0.1) is 12.8 Å². The van der Waals surface area contributed by atoms with Crippen LogP contribution in [0.25, 0.3) is 0 Å². The van der Waals surface area contributed by atoms with Crippen LogP contribution >= 0.6 is 0 Å². The van der Waals surface area contributed by atoms with Gasteiger partial charge in [-0.05, 0) is 24.1 Å². The topological polar surface area (TPSA) is 76.1 Å². The van der Waals surface area contributed by atoms with Gasteiger partial charge in [-0.15, -0.1) is 0 Å². The Kier molecular flexibility index (Phi) is 5.30. The van der Waals surface area contributed by atoms with E-state index in [4.69, 9.17) is 4.74 Å². The molecular formula is C16H20N4O2. The molecule has 22 heavy (non-hydrogen) atoms. The number of aromatic nitrogens is 2. The third-order valence-electron chi connectivity index (χ3n) is 2.91. The number of carbonyl (C=O) groups excluding carboxylic acids is 1. The third-order valence-corrected chi connectivity index (χ3v) is 2.91. The number of para-hydroxylation sites is 2. The Balaban J connectivity index is 2.11. The molecule has 1 amide bonds. The summed E-state index contributed by atoms with van der Waals surface area (Å²) in [5.74, 6) is 1.21. The summed E-state index contributed by atoms with van der Waals surface area (Å²) in [5.41, 5.74) is 0.900. The molecule has 0 atom stereocenters. The molecule has 1 aromatic heterocycles. The van der Waals surface area contributed by atoms with Gasteiger partial charge >= 0.3 is 0 Å². The molecule has 1 heterocycles. The van der Waals surface area contributed by atoms with E-state index in [9.17, 15) is 4.79 Å². The molecule has 0 saturated carbocycles. The van der Waals surface area contributed by atoms with Crippen molar-refractivity contribution < 1.29 is 9.53 Å². The lowest BCUT2D eigenvalue weighted by Crippen LogP contribution is -2.17. The summed E-state index contributed by atoms with van der Waals surface area (Å²) >= 11 is 0. The first-order chi connectivity index (χ1) is 10.6. The van der Waals surface area contributed by atoms with Crippen LogP contribution in [0.15, 0.2) is 36.5 Å². The number of anilines is 2. The van der Waals surface area contributed by atoms with Gasteiger partial charge in [0.1, 0.15) is 11.4 Å². The third kappa shape index (κ3) is 4.18. The van der Waals surface area contributed by atoms with Crippen LogP contribution in [-0.4, -0.2) is 29.5 Å². The zero-order chi connectivity index (χ0) is 15.9. The number of ether oxygens (including phenoxy) is 1. The van der Waals surface area contributed by atoms with Crippen LogP contribution in [0.5, 0.6) is 5.75 Å². The van der Waals surface area contributed by atoms with Gasteiger partial charge < -0.3 is 15.4 Å². The van der Waals surface area contributed by atoms with Crippen LogP contribution in [0.4, 0.5) is 11.6 Å². The van der Waals surface area contributed by atoms with E-state index in [1.54, 1.807) is 31.5 Å². The standard InChI is InChI=1S/C16H20N4O2/c1-11(2)10-18-16-17-9-8-13(20-16)15(21)19-12-6-4-5-7-14(12)22-3/h4-9,11H,10H2,1-3H3,(H,19,21)(H,17,18,20). The van der Waals surface area contributed by atoms with Crippen molar-refractivity contribution in [2.75, 3.05) is 24.3 Å². The van der Waals surface area contributed by atoms with Gasteiger partial charge in [0.25, 0.3) is 5.91 Å². The van der Waals surface area contributed by atoms with Crippen LogP contribution in [-0.2, 0) is 0 Å². The van der Waals surface area contributed by atoms with Crippen molar-refractivity contribution in [3.8, 4) is 5.75 Å². The van der Waals surface area contributed by atoms with E-state index < -0.39 is 0 Å². The average molecular weight is 300 g/mol. The summed E-state index contributed by atoms with van der Waals surface area (Å²) in [4.78, 5) is 20.6. The van der Waals surface area contributed by atoms with Gasteiger partial charge in [-0.3, -0.25) is 4.79 Å². The highest BCUT2D eigenvalue weighted by atomic mass is 16.5. The molecule has 0 unspecified atom stereocenters. The number of carbonyl (C=O) groups is 1. The second-order valence-corrected chi connectivity index (χ2v) is 5.19. The highest BCUT2D eigenvalue weighted by molar-refractivity contribution is 6.03. The number of amides is 1. The Bertz CT molecular complexity index is 644. The molecule has 6 heteroatoms. The van der Waals surface area contributed by atoms with Gasteiger partial charge in [0, 0.05) is 12.7 Å². The zero-order valence-electron chi connectivity index (χ0n) is 13.0. The second kappa shape index (κ2) is 7.40. The molecule has 6 nitrogen and oxygen atoms in total. The van der Waals surface area contributed by atoms with E-state index in [2.05, 4.69) is 34.4 Å². The number of nitrogens with zero attached hydrogens (tertiary/aromatic N) is 2. The van der Waals surface area contributed by atoms with E-state index in [0.29, 0.717) is 29.0 Å². The Hall–Kier alpha value is -2.63. The maximum atomic E-state index is 12.3. The average Bonchev–Trinajstić information content (AvgIpc) is 2.53. The highest BCUT2D eigenvalue weighted by Crippen LogP contribution is 2.23. The number of methoxy groups -OCH3 is 1. The van der Waals surface area contributed by atoms with E-state index in [1.165, 1.54) is 0 Å². The molecule has 2 rings (SSSR count). The molecule has 1 aromatic carbocycles. The predicted octanol–water partition coefficient (Wildman–Crippen LogP) is 2.81. The fraction of sp³-hybridized carbons (Fsp3) is 0.312. The summed E-state index contributed by atoms with van der Waals surface area (Å²) < 4.78 is 5.21. The van der Waals surface area contributed by atoms with Gasteiger partial charge in [0.15, 0.2) is 0 Å².